The third-order valence-corrected chi connectivity index (χ3v) is 4.80. The van der Waals surface area contributed by atoms with Crippen LogP contribution in [0.4, 0.5) is 19.0 Å². The van der Waals surface area contributed by atoms with Crippen LogP contribution in [0.2, 0.25) is 0 Å². The fourth-order valence-corrected chi connectivity index (χ4v) is 3.41. The van der Waals surface area contributed by atoms with Gasteiger partial charge in [-0.25, -0.2) is 4.98 Å². The average molecular weight is 442 g/mol. The van der Waals surface area contributed by atoms with Crippen LogP contribution in [0.25, 0.3) is 5.65 Å². The topological polar surface area (TPSA) is 62.5 Å². The number of halogens is 4. The van der Waals surface area contributed by atoms with Gasteiger partial charge in [-0.15, -0.1) is 15.3 Å². The second kappa shape index (κ2) is 7.04. The molecular formula is C16H15BrF3N7. The highest BCUT2D eigenvalue weighted by molar-refractivity contribution is 9.10. The number of nitrogens with zero attached hydrogens (tertiary/aromatic N) is 7. The van der Waals surface area contributed by atoms with Gasteiger partial charge < -0.3 is 4.90 Å². The molecule has 0 N–H and O–H groups in total. The van der Waals surface area contributed by atoms with E-state index in [9.17, 15) is 13.2 Å². The maximum atomic E-state index is 13.0. The van der Waals surface area contributed by atoms with Gasteiger partial charge in [0, 0.05) is 32.7 Å². The van der Waals surface area contributed by atoms with E-state index in [4.69, 9.17) is 0 Å². The van der Waals surface area contributed by atoms with Crippen molar-refractivity contribution in [1.82, 2.24) is 29.7 Å². The van der Waals surface area contributed by atoms with Crippen molar-refractivity contribution >= 4 is 27.4 Å². The molecule has 1 fully saturated rings. The Hall–Kier alpha value is -2.27. The molecule has 27 heavy (non-hydrogen) atoms. The van der Waals surface area contributed by atoms with Gasteiger partial charge in [-0.2, -0.15) is 17.7 Å². The summed E-state index contributed by atoms with van der Waals surface area (Å²) in [4.78, 5) is 8.65. The minimum atomic E-state index is -4.60. The molecule has 7 nitrogen and oxygen atoms in total. The molecule has 11 heteroatoms. The maximum Gasteiger partial charge on any atom is 0.453 e. The lowest BCUT2D eigenvalue weighted by Crippen LogP contribution is -2.46. The molecule has 0 bridgehead atoms. The van der Waals surface area contributed by atoms with Crippen LogP contribution >= 0.6 is 15.9 Å². The normalized spacial score (nSPS) is 16.2. The van der Waals surface area contributed by atoms with Crippen molar-refractivity contribution in [2.24, 2.45) is 0 Å². The zero-order valence-corrected chi connectivity index (χ0v) is 15.7. The molecule has 0 radical (unpaired) electrons. The van der Waals surface area contributed by atoms with Crippen molar-refractivity contribution in [3.05, 3.63) is 46.5 Å². The van der Waals surface area contributed by atoms with E-state index in [0.29, 0.717) is 18.9 Å². The number of pyridine rings is 1. The predicted molar refractivity (Wildman–Crippen MR) is 95.2 cm³/mol. The standard InChI is InChI=1S/C16H15BrF3N7/c17-12-3-1-2-11(21-12)10-25-6-8-26(9-7-25)14-5-4-13-22-23-15(16(18,19)20)27(13)24-14/h1-5H,6-10H2. The van der Waals surface area contributed by atoms with E-state index in [1.807, 2.05) is 23.1 Å². The highest BCUT2D eigenvalue weighted by atomic mass is 79.9. The molecule has 1 aliphatic rings. The first-order valence-corrected chi connectivity index (χ1v) is 9.08. The Kier molecular flexibility index (Phi) is 4.72. The van der Waals surface area contributed by atoms with Gasteiger partial charge in [0.15, 0.2) is 5.65 Å². The number of hydrogen-bond donors (Lipinski definition) is 0. The highest BCUT2D eigenvalue weighted by Gasteiger charge is 2.37. The first-order valence-electron chi connectivity index (χ1n) is 8.28. The van der Waals surface area contributed by atoms with Gasteiger partial charge in [0.1, 0.15) is 10.4 Å². The fourth-order valence-electron chi connectivity index (χ4n) is 3.03. The summed E-state index contributed by atoms with van der Waals surface area (Å²) in [6, 6.07) is 8.97. The van der Waals surface area contributed by atoms with E-state index < -0.39 is 12.0 Å². The van der Waals surface area contributed by atoms with Gasteiger partial charge >= 0.3 is 6.18 Å². The molecule has 0 unspecified atom stereocenters. The van der Waals surface area contributed by atoms with Crippen LogP contribution in [0.15, 0.2) is 34.9 Å². The van der Waals surface area contributed by atoms with Crippen LogP contribution in [-0.2, 0) is 12.7 Å². The second-order valence-corrected chi connectivity index (χ2v) is 7.01. The van der Waals surface area contributed by atoms with Crippen LogP contribution in [0.3, 0.4) is 0 Å². The predicted octanol–water partition coefficient (Wildman–Crippen LogP) is 2.62. The van der Waals surface area contributed by atoms with Crippen molar-refractivity contribution < 1.29 is 13.2 Å². The lowest BCUT2D eigenvalue weighted by atomic mass is 10.2. The Morgan fingerprint density at radius 1 is 1.00 bits per heavy atom. The Bertz CT molecular complexity index is 951. The number of alkyl halides is 3. The van der Waals surface area contributed by atoms with E-state index in [1.165, 1.54) is 6.07 Å². The van der Waals surface area contributed by atoms with Gasteiger partial charge in [0.25, 0.3) is 5.82 Å². The third kappa shape index (κ3) is 3.88. The summed E-state index contributed by atoms with van der Waals surface area (Å²) in [5, 5.41) is 10.8. The summed E-state index contributed by atoms with van der Waals surface area (Å²) >= 11 is 3.36. The van der Waals surface area contributed by atoms with Crippen molar-refractivity contribution in [2.75, 3.05) is 31.1 Å². The number of hydrogen-bond acceptors (Lipinski definition) is 6. The zero-order chi connectivity index (χ0) is 19.0. The quantitative estimate of drug-likeness (QED) is 0.582. The van der Waals surface area contributed by atoms with Gasteiger partial charge in [0.05, 0.1) is 5.69 Å². The van der Waals surface area contributed by atoms with Crippen molar-refractivity contribution in [3.8, 4) is 0 Å². The molecule has 4 rings (SSSR count). The molecule has 0 amide bonds. The van der Waals surface area contributed by atoms with Crippen molar-refractivity contribution in [1.29, 1.82) is 0 Å². The highest BCUT2D eigenvalue weighted by Crippen LogP contribution is 2.28. The average Bonchev–Trinajstić information content (AvgIpc) is 3.06. The smallest absolute Gasteiger partial charge is 0.353 e. The van der Waals surface area contributed by atoms with Crippen LogP contribution in [-0.4, -0.2) is 55.9 Å². The Morgan fingerprint density at radius 3 is 2.48 bits per heavy atom. The van der Waals surface area contributed by atoms with Crippen molar-refractivity contribution in [3.63, 3.8) is 0 Å². The molecule has 3 aromatic heterocycles. The summed E-state index contributed by atoms with van der Waals surface area (Å²) in [6.45, 7) is 3.58. The SMILES string of the molecule is FC(F)(F)c1nnc2ccc(N3CCN(Cc4cccc(Br)n4)CC3)nn12. The summed E-state index contributed by atoms with van der Waals surface area (Å²) < 4.78 is 40.6. The number of rotatable bonds is 3. The monoisotopic (exact) mass is 441 g/mol. The lowest BCUT2D eigenvalue weighted by molar-refractivity contribution is -0.146. The number of anilines is 1. The summed E-state index contributed by atoms with van der Waals surface area (Å²) in [5.74, 6) is -0.633. The second-order valence-electron chi connectivity index (χ2n) is 6.20. The van der Waals surface area contributed by atoms with Crippen LogP contribution in [0.5, 0.6) is 0 Å². The molecule has 0 atom stereocenters. The molecule has 1 saturated heterocycles. The molecule has 0 saturated carbocycles. The molecule has 142 valence electrons. The maximum absolute atomic E-state index is 13.0. The first-order chi connectivity index (χ1) is 12.9. The zero-order valence-electron chi connectivity index (χ0n) is 14.1. The molecule has 3 aromatic rings. The van der Waals surface area contributed by atoms with Gasteiger partial charge in [-0.1, -0.05) is 6.07 Å². The number of piperazine rings is 1. The summed E-state index contributed by atoms with van der Waals surface area (Å²) in [5.41, 5.74) is 1.04. The van der Waals surface area contributed by atoms with Crippen LogP contribution in [0.1, 0.15) is 11.5 Å². The Morgan fingerprint density at radius 2 is 1.78 bits per heavy atom. The molecule has 1 aliphatic heterocycles. The third-order valence-electron chi connectivity index (χ3n) is 4.36. The molecule has 0 aliphatic carbocycles. The fraction of sp³-hybridized carbons (Fsp3) is 0.375. The van der Waals surface area contributed by atoms with E-state index in [-0.39, 0.29) is 5.65 Å². The lowest BCUT2D eigenvalue weighted by Gasteiger charge is -2.35. The van der Waals surface area contributed by atoms with E-state index >= 15 is 0 Å². The number of aromatic nitrogens is 5. The van der Waals surface area contributed by atoms with Crippen molar-refractivity contribution in [2.45, 2.75) is 12.7 Å². The minimum Gasteiger partial charge on any atom is -0.353 e. The molecule has 4 heterocycles. The van der Waals surface area contributed by atoms with E-state index in [0.717, 1.165) is 34.4 Å². The van der Waals surface area contributed by atoms with Gasteiger partial charge in [-0.05, 0) is 40.2 Å². The largest absolute Gasteiger partial charge is 0.453 e. The summed E-state index contributed by atoms with van der Waals surface area (Å²) in [7, 11) is 0. The van der Waals surface area contributed by atoms with E-state index in [1.54, 1.807) is 6.07 Å². The molecule has 0 aromatic carbocycles. The molecular weight excluding hydrogens is 427 g/mol. The van der Waals surface area contributed by atoms with E-state index in [2.05, 4.69) is 41.1 Å². The number of fused-ring (bicyclic) bond motifs is 1. The first kappa shape index (κ1) is 18.1. The summed E-state index contributed by atoms with van der Waals surface area (Å²) in [6.07, 6.45) is -4.60. The van der Waals surface area contributed by atoms with Crippen LogP contribution < -0.4 is 4.90 Å². The Balaban J connectivity index is 1.46. The minimum absolute atomic E-state index is 0.0745. The van der Waals surface area contributed by atoms with Crippen LogP contribution in [0, 0.1) is 0 Å². The van der Waals surface area contributed by atoms with Gasteiger partial charge in [0.2, 0.25) is 0 Å². The van der Waals surface area contributed by atoms with Gasteiger partial charge in [-0.3, -0.25) is 4.90 Å². The Labute approximate surface area is 160 Å². The molecule has 0 spiro atoms.